The van der Waals surface area contributed by atoms with Crippen molar-refractivity contribution >= 4 is 5.82 Å². The Morgan fingerprint density at radius 3 is 2.71 bits per heavy atom. The molecule has 5 nitrogen and oxygen atoms in total. The van der Waals surface area contributed by atoms with Gasteiger partial charge in [0.1, 0.15) is 5.82 Å². The molecule has 0 fully saturated rings. The van der Waals surface area contributed by atoms with Gasteiger partial charge in [-0.05, 0) is 24.0 Å². The van der Waals surface area contributed by atoms with Crippen molar-refractivity contribution in [1.29, 1.82) is 0 Å². The molecular weight excluding hydrogens is 214 g/mol. The highest BCUT2D eigenvalue weighted by atomic mass is 15.4. The highest BCUT2D eigenvalue weighted by Gasteiger charge is 2.15. The molecule has 5 heteroatoms. The molecule has 90 valence electrons. The molecular formula is C12H17N5. The maximum atomic E-state index is 5.92. The number of nitrogens with two attached hydrogens (primary N) is 1. The number of hydrogen-bond acceptors (Lipinski definition) is 4. The second kappa shape index (κ2) is 4.16. The first-order valence-corrected chi connectivity index (χ1v) is 5.58. The largest absolute Gasteiger partial charge is 0.384 e. The molecule has 0 spiro atoms. The van der Waals surface area contributed by atoms with Crippen LogP contribution in [0.5, 0.6) is 0 Å². The van der Waals surface area contributed by atoms with Crippen molar-refractivity contribution in [2.45, 2.75) is 27.2 Å². The highest BCUT2D eigenvalue weighted by Crippen LogP contribution is 2.21. The predicted molar refractivity (Wildman–Crippen MR) is 66.7 cm³/mol. The van der Waals surface area contributed by atoms with E-state index >= 15 is 0 Å². The smallest absolute Gasteiger partial charge is 0.177 e. The van der Waals surface area contributed by atoms with Crippen molar-refractivity contribution < 1.29 is 0 Å². The third-order valence-corrected chi connectivity index (χ3v) is 2.27. The molecule has 0 saturated carbocycles. The van der Waals surface area contributed by atoms with Crippen LogP contribution in [0, 0.1) is 5.41 Å². The molecule has 2 N–H and O–H groups in total. The summed E-state index contributed by atoms with van der Waals surface area (Å²) < 4.78 is 1.62. The van der Waals surface area contributed by atoms with Crippen LogP contribution < -0.4 is 5.73 Å². The van der Waals surface area contributed by atoms with E-state index in [0.717, 1.165) is 12.1 Å². The third kappa shape index (κ3) is 2.81. The van der Waals surface area contributed by atoms with Crippen LogP contribution in [0.2, 0.25) is 0 Å². The second-order valence-electron chi connectivity index (χ2n) is 5.29. The lowest BCUT2D eigenvalue weighted by Gasteiger charge is -2.15. The molecule has 2 aromatic heterocycles. The van der Waals surface area contributed by atoms with Gasteiger partial charge in [0.2, 0.25) is 0 Å². The van der Waals surface area contributed by atoms with Crippen LogP contribution in [-0.4, -0.2) is 20.0 Å². The van der Waals surface area contributed by atoms with Gasteiger partial charge in [-0.2, -0.15) is 14.9 Å². The molecule has 0 radical (unpaired) electrons. The Morgan fingerprint density at radius 1 is 1.35 bits per heavy atom. The average Bonchev–Trinajstić information content (AvgIpc) is 2.58. The minimum atomic E-state index is 0.188. The average molecular weight is 231 g/mol. The molecule has 2 aromatic rings. The van der Waals surface area contributed by atoms with E-state index in [1.54, 1.807) is 10.9 Å². The number of aromatic nitrogens is 4. The fraction of sp³-hybridized carbons (Fsp3) is 0.417. The Hall–Kier alpha value is -1.91. The summed E-state index contributed by atoms with van der Waals surface area (Å²) in [6.07, 6.45) is 2.50. The van der Waals surface area contributed by atoms with Gasteiger partial charge in [0.25, 0.3) is 0 Å². The first kappa shape index (κ1) is 11.6. The first-order valence-electron chi connectivity index (χ1n) is 5.58. The number of rotatable bonds is 2. The molecule has 0 amide bonds. The van der Waals surface area contributed by atoms with E-state index in [1.807, 2.05) is 18.2 Å². The maximum absolute atomic E-state index is 5.92. The lowest BCUT2D eigenvalue weighted by Crippen LogP contribution is -2.10. The summed E-state index contributed by atoms with van der Waals surface area (Å²) in [5, 5.41) is 12.3. The zero-order valence-electron chi connectivity index (χ0n) is 10.4. The number of anilines is 1. The standard InChI is InChI=1S/C12H17N5/c1-12(2,3)8-9-7-10(13)17(16-9)11-5-4-6-14-15-11/h4-7H,8,13H2,1-3H3. The predicted octanol–water partition coefficient (Wildman–Crippen LogP) is 1.83. The number of nitrogen functional groups attached to an aromatic ring is 1. The van der Waals surface area contributed by atoms with Crippen molar-refractivity contribution in [1.82, 2.24) is 20.0 Å². The normalized spacial score (nSPS) is 11.7. The Morgan fingerprint density at radius 2 is 2.12 bits per heavy atom. The van der Waals surface area contributed by atoms with Gasteiger partial charge in [0.05, 0.1) is 5.69 Å². The van der Waals surface area contributed by atoms with Gasteiger partial charge in [-0.15, -0.1) is 5.10 Å². The van der Waals surface area contributed by atoms with Gasteiger partial charge in [-0.25, -0.2) is 0 Å². The Kier molecular flexibility index (Phi) is 2.83. The van der Waals surface area contributed by atoms with E-state index in [1.165, 1.54) is 0 Å². The molecule has 2 heterocycles. The van der Waals surface area contributed by atoms with Crippen molar-refractivity contribution in [3.8, 4) is 5.82 Å². The van der Waals surface area contributed by atoms with Gasteiger partial charge >= 0.3 is 0 Å². The summed E-state index contributed by atoms with van der Waals surface area (Å²) in [7, 11) is 0. The highest BCUT2D eigenvalue weighted by molar-refractivity contribution is 5.38. The van der Waals surface area contributed by atoms with Crippen LogP contribution in [0.3, 0.4) is 0 Å². The van der Waals surface area contributed by atoms with Crippen LogP contribution in [0.1, 0.15) is 26.5 Å². The van der Waals surface area contributed by atoms with Crippen LogP contribution in [0.25, 0.3) is 5.82 Å². The first-order chi connectivity index (χ1) is 7.96. The molecule has 0 aliphatic rings. The topological polar surface area (TPSA) is 69.6 Å². The summed E-state index contributed by atoms with van der Waals surface area (Å²) in [6.45, 7) is 6.51. The molecule has 0 aromatic carbocycles. The number of nitrogens with zero attached hydrogens (tertiary/aromatic N) is 4. The molecule has 2 rings (SSSR count). The van der Waals surface area contributed by atoms with Gasteiger partial charge in [-0.1, -0.05) is 20.8 Å². The summed E-state index contributed by atoms with van der Waals surface area (Å²) in [5.41, 5.74) is 7.09. The summed E-state index contributed by atoms with van der Waals surface area (Å²) >= 11 is 0. The van der Waals surface area contributed by atoms with Crippen LogP contribution >= 0.6 is 0 Å². The zero-order chi connectivity index (χ0) is 12.5. The minimum Gasteiger partial charge on any atom is -0.384 e. The van der Waals surface area contributed by atoms with Crippen LogP contribution in [-0.2, 0) is 6.42 Å². The molecule has 0 aliphatic heterocycles. The molecule has 0 bridgehead atoms. The molecule has 0 aliphatic carbocycles. The van der Waals surface area contributed by atoms with Crippen molar-refractivity contribution in [3.05, 3.63) is 30.1 Å². The van der Waals surface area contributed by atoms with Crippen LogP contribution in [0.15, 0.2) is 24.4 Å². The summed E-state index contributed by atoms with van der Waals surface area (Å²) in [6, 6.07) is 5.53. The fourth-order valence-corrected chi connectivity index (χ4v) is 1.67. The van der Waals surface area contributed by atoms with E-state index < -0.39 is 0 Å². The van der Waals surface area contributed by atoms with E-state index in [2.05, 4.69) is 36.1 Å². The molecule has 0 saturated heterocycles. The molecule has 0 unspecified atom stereocenters. The van der Waals surface area contributed by atoms with E-state index in [-0.39, 0.29) is 5.41 Å². The minimum absolute atomic E-state index is 0.188. The number of hydrogen-bond donors (Lipinski definition) is 1. The van der Waals surface area contributed by atoms with Gasteiger partial charge in [0.15, 0.2) is 5.82 Å². The van der Waals surface area contributed by atoms with E-state index in [9.17, 15) is 0 Å². The maximum Gasteiger partial charge on any atom is 0.177 e. The molecule has 17 heavy (non-hydrogen) atoms. The zero-order valence-corrected chi connectivity index (χ0v) is 10.4. The van der Waals surface area contributed by atoms with Crippen molar-refractivity contribution in [2.75, 3.05) is 5.73 Å². The van der Waals surface area contributed by atoms with Gasteiger partial charge in [0, 0.05) is 12.3 Å². The quantitative estimate of drug-likeness (QED) is 0.856. The Bertz CT molecular complexity index is 495. The monoisotopic (exact) mass is 231 g/mol. The van der Waals surface area contributed by atoms with E-state index in [4.69, 9.17) is 5.73 Å². The Balaban J connectivity index is 2.32. The van der Waals surface area contributed by atoms with Crippen LogP contribution in [0.4, 0.5) is 5.82 Å². The van der Waals surface area contributed by atoms with Crippen molar-refractivity contribution in [2.24, 2.45) is 5.41 Å². The SMILES string of the molecule is CC(C)(C)Cc1cc(N)n(-c2cccnn2)n1. The fourth-order valence-electron chi connectivity index (χ4n) is 1.67. The summed E-state index contributed by atoms with van der Waals surface area (Å²) in [5.74, 6) is 1.23. The second-order valence-corrected chi connectivity index (χ2v) is 5.29. The Labute approximate surface area is 101 Å². The van der Waals surface area contributed by atoms with Gasteiger partial charge < -0.3 is 5.73 Å². The van der Waals surface area contributed by atoms with E-state index in [0.29, 0.717) is 11.6 Å². The van der Waals surface area contributed by atoms with Gasteiger partial charge in [-0.3, -0.25) is 0 Å². The lowest BCUT2D eigenvalue weighted by atomic mass is 9.91. The summed E-state index contributed by atoms with van der Waals surface area (Å²) in [4.78, 5) is 0. The van der Waals surface area contributed by atoms with Crippen molar-refractivity contribution in [3.63, 3.8) is 0 Å². The molecule has 0 atom stereocenters. The lowest BCUT2D eigenvalue weighted by molar-refractivity contribution is 0.405. The third-order valence-electron chi connectivity index (χ3n) is 2.27.